The minimum Gasteiger partial charge on any atom is -0.469 e. The van der Waals surface area contributed by atoms with Crippen LogP contribution in [0.2, 0.25) is 0 Å². The van der Waals surface area contributed by atoms with Crippen LogP contribution in [0.25, 0.3) is 0 Å². The molecule has 0 spiro atoms. The van der Waals surface area contributed by atoms with E-state index in [4.69, 9.17) is 9.47 Å². The van der Waals surface area contributed by atoms with E-state index in [-0.39, 0.29) is 29.7 Å². The molecule has 0 amide bonds. The number of Topliss-reactive ketones (excluding diaryl/α,β-unsaturated/α-hetero) is 1. The lowest BCUT2D eigenvalue weighted by atomic mass is 9.82. The highest BCUT2D eigenvalue weighted by molar-refractivity contribution is 5.84. The molecule has 2 rings (SSSR count). The predicted octanol–water partition coefficient (Wildman–Crippen LogP) is 4.53. The zero-order valence-electron chi connectivity index (χ0n) is 17.5. The largest absolute Gasteiger partial charge is 0.469 e. The van der Waals surface area contributed by atoms with Crippen molar-refractivity contribution in [2.24, 2.45) is 11.8 Å². The maximum Gasteiger partial charge on any atom is 0.305 e. The molecule has 5 nitrogen and oxygen atoms in total. The molecule has 0 N–H and O–H groups in total. The maximum absolute atomic E-state index is 14.8. The average molecular weight is 399 g/mol. The van der Waals surface area contributed by atoms with Gasteiger partial charge in [0.2, 0.25) is 0 Å². The standard InChI is InChI=1S/C22H35FO5/c1-4-5-11-20(23)22(27-3)14-13-17-16(18(24)15-19(17)28-22)10-8-6-7-9-12-21(25)26-2/h6,8,16-17,19-20H,4-5,7,9-15H2,1-3H3/t16-,17-,19-,20?,22?/m1/s1. The topological polar surface area (TPSA) is 61.8 Å². The Morgan fingerprint density at radius 3 is 2.82 bits per heavy atom. The van der Waals surface area contributed by atoms with Crippen molar-refractivity contribution in [2.75, 3.05) is 14.2 Å². The molecular formula is C22H35FO5. The Hall–Kier alpha value is -1.27. The van der Waals surface area contributed by atoms with Gasteiger partial charge in [-0.2, -0.15) is 0 Å². The number of hydrogen-bond acceptors (Lipinski definition) is 5. The third-order valence-corrected chi connectivity index (χ3v) is 6.16. The van der Waals surface area contributed by atoms with Crippen molar-refractivity contribution in [3.8, 4) is 0 Å². The van der Waals surface area contributed by atoms with E-state index in [1.54, 1.807) is 0 Å². The normalized spacial score (nSPS) is 31.1. The second-order valence-corrected chi connectivity index (χ2v) is 7.94. The summed E-state index contributed by atoms with van der Waals surface area (Å²) in [5, 5.41) is 0. The van der Waals surface area contributed by atoms with Gasteiger partial charge in [0.25, 0.3) is 0 Å². The first-order valence-electron chi connectivity index (χ1n) is 10.6. The van der Waals surface area contributed by atoms with E-state index in [2.05, 4.69) is 4.74 Å². The fourth-order valence-corrected chi connectivity index (χ4v) is 4.44. The molecule has 2 fully saturated rings. The quantitative estimate of drug-likeness (QED) is 0.291. The first kappa shape index (κ1) is 23.0. The van der Waals surface area contributed by atoms with Gasteiger partial charge >= 0.3 is 5.97 Å². The maximum atomic E-state index is 14.8. The van der Waals surface area contributed by atoms with E-state index in [1.807, 2.05) is 19.1 Å². The third-order valence-electron chi connectivity index (χ3n) is 6.16. The molecule has 2 aliphatic rings. The zero-order valence-corrected chi connectivity index (χ0v) is 17.5. The number of fused-ring (bicyclic) bond motifs is 1. The van der Waals surface area contributed by atoms with Gasteiger partial charge in [0.1, 0.15) is 5.78 Å². The van der Waals surface area contributed by atoms with Crippen LogP contribution < -0.4 is 0 Å². The van der Waals surface area contributed by atoms with Crippen molar-refractivity contribution in [1.29, 1.82) is 0 Å². The Balaban J connectivity index is 1.87. The lowest BCUT2D eigenvalue weighted by Gasteiger charge is -2.44. The SMILES string of the molecule is CCCCC(F)C1(OC)CC[C@H]2[C@@H](CC(=O)[C@@H]2CC=CCCCC(=O)OC)O1. The molecule has 0 aromatic heterocycles. The monoisotopic (exact) mass is 398 g/mol. The molecule has 28 heavy (non-hydrogen) atoms. The van der Waals surface area contributed by atoms with Crippen LogP contribution in [0.1, 0.15) is 71.1 Å². The van der Waals surface area contributed by atoms with Gasteiger partial charge in [0.05, 0.1) is 13.2 Å². The molecule has 1 aliphatic carbocycles. The molecule has 5 atom stereocenters. The number of carbonyl (C=O) groups is 2. The summed E-state index contributed by atoms with van der Waals surface area (Å²) in [6.45, 7) is 2.03. The molecule has 0 aromatic rings. The van der Waals surface area contributed by atoms with Crippen molar-refractivity contribution < 1.29 is 28.2 Å². The Morgan fingerprint density at radius 1 is 1.36 bits per heavy atom. The van der Waals surface area contributed by atoms with Gasteiger partial charge in [0, 0.05) is 32.3 Å². The fraction of sp³-hybridized carbons (Fsp3) is 0.818. The second-order valence-electron chi connectivity index (χ2n) is 7.94. The highest BCUT2D eigenvalue weighted by atomic mass is 19.1. The summed E-state index contributed by atoms with van der Waals surface area (Å²) in [4.78, 5) is 23.6. The van der Waals surface area contributed by atoms with E-state index in [1.165, 1.54) is 14.2 Å². The van der Waals surface area contributed by atoms with Gasteiger partial charge in [-0.3, -0.25) is 9.59 Å². The van der Waals surface area contributed by atoms with Crippen LogP contribution in [0.3, 0.4) is 0 Å². The molecule has 0 radical (unpaired) electrons. The number of esters is 1. The average Bonchev–Trinajstić information content (AvgIpc) is 3.02. The van der Waals surface area contributed by atoms with Crippen molar-refractivity contribution in [1.82, 2.24) is 0 Å². The summed E-state index contributed by atoms with van der Waals surface area (Å²) in [7, 11) is 2.89. The predicted molar refractivity (Wildman–Crippen MR) is 104 cm³/mol. The smallest absolute Gasteiger partial charge is 0.305 e. The first-order chi connectivity index (χ1) is 13.5. The van der Waals surface area contributed by atoms with E-state index in [0.717, 1.165) is 32.1 Å². The van der Waals surface area contributed by atoms with E-state index < -0.39 is 12.0 Å². The summed E-state index contributed by atoms with van der Waals surface area (Å²) in [5.41, 5.74) is 0. The molecule has 0 aromatic carbocycles. The van der Waals surface area contributed by atoms with Crippen LogP contribution in [0, 0.1) is 11.8 Å². The number of alkyl halides is 1. The number of hydrogen-bond donors (Lipinski definition) is 0. The number of unbranched alkanes of at least 4 members (excludes halogenated alkanes) is 2. The minimum absolute atomic E-state index is 0.0644. The zero-order chi connectivity index (χ0) is 20.6. The van der Waals surface area contributed by atoms with Gasteiger partial charge in [-0.15, -0.1) is 0 Å². The van der Waals surface area contributed by atoms with Gasteiger partial charge in [0.15, 0.2) is 12.0 Å². The van der Waals surface area contributed by atoms with Crippen molar-refractivity contribution >= 4 is 11.8 Å². The van der Waals surface area contributed by atoms with Gasteiger partial charge in [-0.1, -0.05) is 31.9 Å². The molecule has 2 unspecified atom stereocenters. The summed E-state index contributed by atoms with van der Waals surface area (Å²) < 4.78 is 31.0. The molecular weight excluding hydrogens is 363 g/mol. The van der Waals surface area contributed by atoms with Crippen molar-refractivity contribution in [3.63, 3.8) is 0 Å². The molecule has 1 saturated heterocycles. The number of ketones is 1. The van der Waals surface area contributed by atoms with E-state index in [9.17, 15) is 14.0 Å². The molecule has 6 heteroatoms. The molecule has 1 heterocycles. The van der Waals surface area contributed by atoms with E-state index in [0.29, 0.717) is 32.1 Å². The molecule has 0 bridgehead atoms. The number of rotatable bonds is 11. The second kappa shape index (κ2) is 11.1. The van der Waals surface area contributed by atoms with Crippen LogP contribution >= 0.6 is 0 Å². The fourth-order valence-electron chi connectivity index (χ4n) is 4.44. The number of carbonyl (C=O) groups excluding carboxylic acids is 2. The van der Waals surface area contributed by atoms with Crippen LogP contribution in [-0.2, 0) is 23.8 Å². The molecule has 1 saturated carbocycles. The highest BCUT2D eigenvalue weighted by Crippen LogP contribution is 2.47. The lowest BCUT2D eigenvalue weighted by molar-refractivity contribution is -0.306. The summed E-state index contributed by atoms with van der Waals surface area (Å²) >= 11 is 0. The summed E-state index contributed by atoms with van der Waals surface area (Å²) in [5.74, 6) is -1.13. The van der Waals surface area contributed by atoms with Gasteiger partial charge < -0.3 is 14.2 Å². The minimum atomic E-state index is -1.20. The Labute approximate surface area is 168 Å². The molecule has 160 valence electrons. The Bertz CT molecular complexity index is 549. The Morgan fingerprint density at radius 2 is 2.14 bits per heavy atom. The number of methoxy groups -OCH3 is 2. The van der Waals surface area contributed by atoms with Crippen molar-refractivity contribution in [3.05, 3.63) is 12.2 Å². The Kier molecular flexibility index (Phi) is 9.09. The van der Waals surface area contributed by atoms with Crippen LogP contribution in [-0.4, -0.2) is 44.0 Å². The summed E-state index contributed by atoms with van der Waals surface area (Å²) in [6, 6.07) is 0. The third kappa shape index (κ3) is 5.63. The summed E-state index contributed by atoms with van der Waals surface area (Å²) in [6.07, 6.45) is 8.97. The van der Waals surface area contributed by atoms with Crippen LogP contribution in [0.5, 0.6) is 0 Å². The van der Waals surface area contributed by atoms with E-state index >= 15 is 0 Å². The van der Waals surface area contributed by atoms with Crippen molar-refractivity contribution in [2.45, 2.75) is 89.2 Å². The number of allylic oxidation sites excluding steroid dienone is 2. The van der Waals surface area contributed by atoms with Crippen LogP contribution in [0.15, 0.2) is 12.2 Å². The van der Waals surface area contributed by atoms with Gasteiger partial charge in [-0.05, 0) is 38.0 Å². The van der Waals surface area contributed by atoms with Crippen LogP contribution in [0.4, 0.5) is 4.39 Å². The number of ether oxygens (including phenoxy) is 3. The molecule has 1 aliphatic heterocycles. The highest BCUT2D eigenvalue weighted by Gasteiger charge is 2.53. The first-order valence-corrected chi connectivity index (χ1v) is 10.6. The van der Waals surface area contributed by atoms with Gasteiger partial charge in [-0.25, -0.2) is 4.39 Å². The number of halogens is 1. The lowest BCUT2D eigenvalue weighted by Crippen LogP contribution is -2.51.